The minimum absolute atomic E-state index is 0.0887. The summed E-state index contributed by atoms with van der Waals surface area (Å²) in [5, 5.41) is 14.8. The summed E-state index contributed by atoms with van der Waals surface area (Å²) in [6.07, 6.45) is 1.40. The lowest BCUT2D eigenvalue weighted by Crippen LogP contribution is -2.35. The van der Waals surface area contributed by atoms with Crippen LogP contribution in [0.3, 0.4) is 0 Å². The van der Waals surface area contributed by atoms with Gasteiger partial charge in [0.2, 0.25) is 0 Å². The van der Waals surface area contributed by atoms with Gasteiger partial charge < -0.3 is 10.1 Å². The van der Waals surface area contributed by atoms with E-state index in [9.17, 15) is 19.7 Å². The number of hydrogen-bond donors (Lipinski definition) is 1. The highest BCUT2D eigenvalue weighted by atomic mass is 16.6. The fraction of sp³-hybridized carbons (Fsp3) is 0.400. The third kappa shape index (κ3) is 3.49. The minimum Gasteiger partial charge on any atom is -0.460 e. The van der Waals surface area contributed by atoms with Crippen LogP contribution in [0.2, 0.25) is 0 Å². The fourth-order valence-corrected chi connectivity index (χ4v) is 3.74. The average molecular weight is 370 g/mol. The number of ketones is 1. The molecule has 1 aromatic rings. The molecule has 2 aliphatic rings. The highest BCUT2D eigenvalue weighted by Gasteiger charge is 2.41. The Hall–Kier alpha value is -2.96. The first-order valence-corrected chi connectivity index (χ1v) is 8.99. The van der Waals surface area contributed by atoms with Gasteiger partial charge in [-0.15, -0.1) is 0 Å². The summed E-state index contributed by atoms with van der Waals surface area (Å²) in [6.45, 7) is 5.21. The van der Waals surface area contributed by atoms with Crippen LogP contribution in [0.1, 0.15) is 51.5 Å². The van der Waals surface area contributed by atoms with Crippen LogP contribution in [-0.2, 0) is 14.3 Å². The number of hydrogen-bond acceptors (Lipinski definition) is 6. The number of allylic oxidation sites excluding steroid dienone is 3. The van der Waals surface area contributed by atoms with Crippen LogP contribution in [0, 0.1) is 10.1 Å². The Morgan fingerprint density at radius 2 is 2.00 bits per heavy atom. The molecule has 0 saturated carbocycles. The number of ether oxygens (including phenoxy) is 1. The van der Waals surface area contributed by atoms with E-state index in [0.29, 0.717) is 36.1 Å². The van der Waals surface area contributed by atoms with Crippen molar-refractivity contribution in [2.75, 3.05) is 0 Å². The molecule has 0 bridgehead atoms. The van der Waals surface area contributed by atoms with Crippen molar-refractivity contribution >= 4 is 17.4 Å². The van der Waals surface area contributed by atoms with Crippen LogP contribution in [0.5, 0.6) is 0 Å². The Morgan fingerprint density at radius 3 is 2.67 bits per heavy atom. The van der Waals surface area contributed by atoms with Gasteiger partial charge in [-0.3, -0.25) is 14.9 Å². The molecule has 1 aliphatic carbocycles. The average Bonchev–Trinajstić information content (AvgIpc) is 2.60. The van der Waals surface area contributed by atoms with Crippen LogP contribution in [0.4, 0.5) is 5.69 Å². The molecule has 1 heterocycles. The van der Waals surface area contributed by atoms with Gasteiger partial charge in [0.1, 0.15) is 0 Å². The van der Waals surface area contributed by atoms with Gasteiger partial charge in [0.25, 0.3) is 5.69 Å². The van der Waals surface area contributed by atoms with Crippen molar-refractivity contribution in [2.24, 2.45) is 0 Å². The minimum atomic E-state index is -0.804. The van der Waals surface area contributed by atoms with E-state index in [0.717, 1.165) is 5.70 Å². The topological polar surface area (TPSA) is 98.5 Å². The lowest BCUT2D eigenvalue weighted by Gasteiger charge is -2.34. The second-order valence-electron chi connectivity index (χ2n) is 7.04. The van der Waals surface area contributed by atoms with E-state index in [1.807, 2.05) is 0 Å². The normalized spacial score (nSPS) is 19.7. The maximum Gasteiger partial charge on any atom is 0.337 e. The summed E-state index contributed by atoms with van der Waals surface area (Å²) >= 11 is 0. The number of nitro benzene ring substituents is 1. The second-order valence-corrected chi connectivity index (χ2v) is 7.04. The molecule has 0 unspecified atom stereocenters. The molecule has 1 aromatic carbocycles. The van der Waals surface area contributed by atoms with E-state index in [1.54, 1.807) is 39.0 Å². The summed E-state index contributed by atoms with van der Waals surface area (Å²) in [4.78, 5) is 36.7. The van der Waals surface area contributed by atoms with Crippen molar-refractivity contribution in [3.05, 3.63) is 62.5 Å². The number of carbonyl (C=O) groups is 2. The first kappa shape index (κ1) is 18.8. The Kier molecular flexibility index (Phi) is 5.12. The Morgan fingerprint density at radius 1 is 1.30 bits per heavy atom. The Bertz CT molecular complexity index is 882. The lowest BCUT2D eigenvalue weighted by atomic mass is 9.75. The summed E-state index contributed by atoms with van der Waals surface area (Å²) in [7, 11) is 0. The van der Waals surface area contributed by atoms with E-state index < -0.39 is 16.8 Å². The number of rotatable bonds is 4. The second kappa shape index (κ2) is 7.34. The zero-order valence-electron chi connectivity index (χ0n) is 15.6. The van der Waals surface area contributed by atoms with Gasteiger partial charge in [0, 0.05) is 35.0 Å². The number of nitrogens with one attached hydrogen (secondary N) is 1. The van der Waals surface area contributed by atoms with Crippen molar-refractivity contribution in [3.63, 3.8) is 0 Å². The molecule has 0 aromatic heterocycles. The van der Waals surface area contributed by atoms with Crippen LogP contribution < -0.4 is 5.32 Å². The molecule has 1 atom stereocenters. The molecular formula is C20H22N2O5. The fourth-order valence-electron chi connectivity index (χ4n) is 3.74. The molecular weight excluding hydrogens is 348 g/mol. The molecule has 1 aliphatic heterocycles. The molecule has 7 heteroatoms. The molecule has 0 fully saturated rings. The first-order chi connectivity index (χ1) is 12.8. The van der Waals surface area contributed by atoms with E-state index in [1.165, 1.54) is 6.07 Å². The van der Waals surface area contributed by atoms with Gasteiger partial charge in [-0.1, -0.05) is 18.2 Å². The van der Waals surface area contributed by atoms with E-state index >= 15 is 0 Å². The molecule has 7 nitrogen and oxygen atoms in total. The Balaban J connectivity index is 2.23. The van der Waals surface area contributed by atoms with Crippen molar-refractivity contribution in [1.29, 1.82) is 0 Å². The van der Waals surface area contributed by atoms with E-state index in [2.05, 4.69) is 5.32 Å². The highest BCUT2D eigenvalue weighted by Crippen LogP contribution is 2.45. The van der Waals surface area contributed by atoms with Crippen molar-refractivity contribution < 1.29 is 19.2 Å². The van der Waals surface area contributed by atoms with Crippen molar-refractivity contribution in [2.45, 2.75) is 52.1 Å². The molecule has 27 heavy (non-hydrogen) atoms. The number of carbonyl (C=O) groups excluding carboxylic acids is 2. The lowest BCUT2D eigenvalue weighted by molar-refractivity contribution is -0.385. The standard InChI is InChI=1S/C20H22N2O5/c1-11(2)27-20(24)17-12(3)21-14-8-6-10-16(23)19(14)18(17)13-7-4-5-9-15(13)22(25)26/h4-5,7,9,11,18,21H,6,8,10H2,1-3H3/t18-/m1/s1. The summed E-state index contributed by atoms with van der Waals surface area (Å²) < 4.78 is 5.39. The number of Topliss-reactive ketones (excluding diaryl/α,β-unsaturated/α-hetero) is 1. The number of dihydropyridines is 1. The number of para-hydroxylation sites is 1. The maximum absolute atomic E-state index is 12.8. The largest absolute Gasteiger partial charge is 0.460 e. The van der Waals surface area contributed by atoms with Gasteiger partial charge in [-0.25, -0.2) is 4.79 Å². The molecule has 142 valence electrons. The van der Waals surface area contributed by atoms with Gasteiger partial charge in [-0.2, -0.15) is 0 Å². The molecule has 0 saturated heterocycles. The molecule has 3 rings (SSSR count). The van der Waals surface area contributed by atoms with E-state index in [-0.39, 0.29) is 23.1 Å². The van der Waals surface area contributed by atoms with Gasteiger partial charge in [0.05, 0.1) is 22.5 Å². The number of benzene rings is 1. The third-order valence-corrected chi connectivity index (χ3v) is 4.78. The first-order valence-electron chi connectivity index (χ1n) is 8.99. The number of nitrogens with zero attached hydrogens (tertiary/aromatic N) is 1. The van der Waals surface area contributed by atoms with Gasteiger partial charge >= 0.3 is 5.97 Å². The quantitative estimate of drug-likeness (QED) is 0.495. The number of nitro groups is 1. The predicted octanol–water partition coefficient (Wildman–Crippen LogP) is 3.51. The summed E-state index contributed by atoms with van der Waals surface area (Å²) in [6, 6.07) is 6.25. The highest BCUT2D eigenvalue weighted by molar-refractivity contribution is 6.04. The zero-order valence-corrected chi connectivity index (χ0v) is 15.6. The zero-order chi connectivity index (χ0) is 19.7. The van der Waals surface area contributed by atoms with Gasteiger partial charge in [-0.05, 0) is 33.6 Å². The van der Waals surface area contributed by atoms with E-state index in [4.69, 9.17) is 4.74 Å². The van der Waals surface area contributed by atoms with Crippen molar-refractivity contribution in [1.82, 2.24) is 5.32 Å². The number of esters is 1. The third-order valence-electron chi connectivity index (χ3n) is 4.78. The van der Waals surface area contributed by atoms with Gasteiger partial charge in [0.15, 0.2) is 5.78 Å². The van der Waals surface area contributed by atoms with Crippen LogP contribution in [-0.4, -0.2) is 22.8 Å². The molecule has 0 spiro atoms. The molecule has 1 N–H and O–H groups in total. The summed E-state index contributed by atoms with van der Waals surface area (Å²) in [5.41, 5.74) is 2.23. The monoisotopic (exact) mass is 370 g/mol. The Labute approximate surface area is 157 Å². The molecule has 0 radical (unpaired) electrons. The van der Waals surface area contributed by atoms with Crippen molar-refractivity contribution in [3.8, 4) is 0 Å². The summed E-state index contributed by atoms with van der Waals surface area (Å²) in [5.74, 6) is -1.46. The predicted molar refractivity (Wildman–Crippen MR) is 98.8 cm³/mol. The van der Waals surface area contributed by atoms with Crippen LogP contribution in [0.25, 0.3) is 0 Å². The maximum atomic E-state index is 12.8. The van der Waals surface area contributed by atoms with Crippen LogP contribution >= 0.6 is 0 Å². The SMILES string of the molecule is CC1=C(C(=O)OC(C)C)[C@@H](c2ccccc2[N+](=O)[O-])C2=C(CCCC2=O)N1. The van der Waals surface area contributed by atoms with Crippen LogP contribution in [0.15, 0.2) is 46.8 Å². The smallest absolute Gasteiger partial charge is 0.337 e. The molecule has 0 amide bonds.